The Kier molecular flexibility index (Phi) is 5.52. The van der Waals surface area contributed by atoms with Gasteiger partial charge in [0.15, 0.2) is 9.84 Å². The van der Waals surface area contributed by atoms with E-state index < -0.39 is 32.4 Å². The maximum atomic E-state index is 13.2. The smallest absolute Gasteiger partial charge is 0.417 e. The molecule has 0 unspecified atom stereocenters. The molecular formula is C16H12ClF3O5S. The van der Waals surface area contributed by atoms with Gasteiger partial charge in [-0.15, -0.1) is 0 Å². The zero-order valence-electron chi connectivity index (χ0n) is 13.2. The van der Waals surface area contributed by atoms with Gasteiger partial charge in [0.05, 0.1) is 21.9 Å². The first-order valence-corrected chi connectivity index (χ1v) is 9.24. The topological polar surface area (TPSA) is 80.7 Å². The van der Waals surface area contributed by atoms with E-state index in [1.165, 1.54) is 18.2 Å². The molecule has 0 fully saturated rings. The number of halogens is 4. The largest absolute Gasteiger partial charge is 0.481 e. The van der Waals surface area contributed by atoms with Gasteiger partial charge in [-0.2, -0.15) is 13.2 Å². The lowest BCUT2D eigenvalue weighted by atomic mass is 10.1. The molecule has 0 amide bonds. The molecule has 0 radical (unpaired) electrons. The second-order valence-corrected chi connectivity index (χ2v) is 7.76. The molecule has 0 aromatic heterocycles. The number of rotatable bonds is 5. The molecule has 5 nitrogen and oxygen atoms in total. The van der Waals surface area contributed by atoms with Gasteiger partial charge >= 0.3 is 12.1 Å². The van der Waals surface area contributed by atoms with Gasteiger partial charge in [0.2, 0.25) is 0 Å². The van der Waals surface area contributed by atoms with Crippen molar-refractivity contribution in [2.45, 2.75) is 17.5 Å². The van der Waals surface area contributed by atoms with E-state index in [1.54, 1.807) is 0 Å². The second-order valence-electron chi connectivity index (χ2n) is 5.37. The summed E-state index contributed by atoms with van der Waals surface area (Å²) in [6.45, 7) is 0. The molecule has 10 heteroatoms. The lowest BCUT2D eigenvalue weighted by Gasteiger charge is -2.14. The van der Waals surface area contributed by atoms with Crippen LogP contribution in [0, 0.1) is 0 Å². The normalized spacial score (nSPS) is 12.0. The van der Waals surface area contributed by atoms with Crippen molar-refractivity contribution in [3.8, 4) is 11.5 Å². The summed E-state index contributed by atoms with van der Waals surface area (Å²) in [6, 6.07) is 6.49. The molecular weight excluding hydrogens is 397 g/mol. The lowest BCUT2D eigenvalue weighted by molar-refractivity contribution is -0.140. The summed E-state index contributed by atoms with van der Waals surface area (Å²) in [6.07, 6.45) is -4.56. The number of hydrogen-bond donors (Lipinski definition) is 1. The summed E-state index contributed by atoms with van der Waals surface area (Å²) >= 11 is 5.93. The van der Waals surface area contributed by atoms with Crippen molar-refractivity contribution in [1.29, 1.82) is 0 Å². The van der Waals surface area contributed by atoms with E-state index in [9.17, 15) is 26.4 Å². The molecule has 0 aliphatic heterocycles. The molecule has 0 heterocycles. The molecule has 0 aliphatic rings. The van der Waals surface area contributed by atoms with E-state index in [1.807, 2.05) is 0 Å². The van der Waals surface area contributed by atoms with Crippen LogP contribution in [0.5, 0.6) is 11.5 Å². The van der Waals surface area contributed by atoms with Crippen molar-refractivity contribution < 1.29 is 36.2 Å². The number of hydrogen-bond acceptors (Lipinski definition) is 4. The Morgan fingerprint density at radius 1 is 1.19 bits per heavy atom. The Morgan fingerprint density at radius 3 is 2.38 bits per heavy atom. The quantitative estimate of drug-likeness (QED) is 0.802. The number of ether oxygens (including phenoxy) is 1. The molecule has 0 bridgehead atoms. The van der Waals surface area contributed by atoms with Gasteiger partial charge in [-0.05, 0) is 35.9 Å². The van der Waals surface area contributed by atoms with Gasteiger partial charge in [-0.3, -0.25) is 4.79 Å². The van der Waals surface area contributed by atoms with Crippen molar-refractivity contribution >= 4 is 27.4 Å². The summed E-state index contributed by atoms with van der Waals surface area (Å²) in [5.74, 6) is -1.44. The number of aliphatic carboxylic acids is 1. The SMILES string of the molecule is CS(=O)(=O)c1ccc(Oc2cc(CC(=O)O)ccc2Cl)cc1C(F)(F)F. The third-order valence-corrected chi connectivity index (χ3v) is 4.70. The zero-order chi connectivity index (χ0) is 19.7. The van der Waals surface area contributed by atoms with Gasteiger partial charge in [0, 0.05) is 6.26 Å². The molecule has 26 heavy (non-hydrogen) atoms. The first kappa shape index (κ1) is 20.1. The minimum Gasteiger partial charge on any atom is -0.481 e. The predicted molar refractivity (Wildman–Crippen MR) is 87.4 cm³/mol. The highest BCUT2D eigenvalue weighted by Gasteiger charge is 2.36. The van der Waals surface area contributed by atoms with E-state index in [2.05, 4.69) is 0 Å². The van der Waals surface area contributed by atoms with Crippen molar-refractivity contribution in [3.05, 3.63) is 52.5 Å². The van der Waals surface area contributed by atoms with Crippen LogP contribution in [-0.2, 0) is 27.2 Å². The molecule has 0 aliphatic carbocycles. The fraction of sp³-hybridized carbons (Fsp3) is 0.188. The van der Waals surface area contributed by atoms with E-state index in [4.69, 9.17) is 21.4 Å². The van der Waals surface area contributed by atoms with Crippen LogP contribution in [0.3, 0.4) is 0 Å². The lowest BCUT2D eigenvalue weighted by Crippen LogP contribution is -2.12. The minimum absolute atomic E-state index is 0.0503. The molecule has 0 saturated carbocycles. The minimum atomic E-state index is -4.91. The average Bonchev–Trinajstić information content (AvgIpc) is 2.48. The van der Waals surface area contributed by atoms with Crippen molar-refractivity contribution in [2.24, 2.45) is 0 Å². The van der Waals surface area contributed by atoms with Crippen LogP contribution in [0.25, 0.3) is 0 Å². The molecule has 2 rings (SSSR count). The van der Waals surface area contributed by atoms with Crippen LogP contribution in [0.1, 0.15) is 11.1 Å². The maximum absolute atomic E-state index is 13.2. The van der Waals surface area contributed by atoms with Crippen molar-refractivity contribution in [1.82, 2.24) is 0 Å². The van der Waals surface area contributed by atoms with Gasteiger partial charge in [-0.25, -0.2) is 8.42 Å². The highest BCUT2D eigenvalue weighted by atomic mass is 35.5. The summed E-state index contributed by atoms with van der Waals surface area (Å²) in [7, 11) is -4.10. The number of carbonyl (C=O) groups is 1. The van der Waals surface area contributed by atoms with E-state index in [0.717, 1.165) is 12.1 Å². The van der Waals surface area contributed by atoms with Crippen molar-refractivity contribution in [3.63, 3.8) is 0 Å². The van der Waals surface area contributed by atoms with Crippen LogP contribution in [-0.4, -0.2) is 25.7 Å². The van der Waals surface area contributed by atoms with Gasteiger partial charge < -0.3 is 9.84 Å². The Hall–Kier alpha value is -2.26. The van der Waals surface area contributed by atoms with Gasteiger partial charge in [-0.1, -0.05) is 17.7 Å². The number of benzene rings is 2. The van der Waals surface area contributed by atoms with E-state index in [-0.39, 0.29) is 22.9 Å². The molecule has 1 N–H and O–H groups in total. The maximum Gasteiger partial charge on any atom is 0.417 e. The number of carboxylic acids is 1. The van der Waals surface area contributed by atoms with Crippen LogP contribution in [0.15, 0.2) is 41.3 Å². The van der Waals surface area contributed by atoms with Crippen LogP contribution in [0.4, 0.5) is 13.2 Å². The summed E-state index contributed by atoms with van der Waals surface area (Å²) in [5.41, 5.74) is -1.03. The summed E-state index contributed by atoms with van der Waals surface area (Å²) < 4.78 is 67.9. The monoisotopic (exact) mass is 408 g/mol. The Morgan fingerprint density at radius 2 is 1.85 bits per heavy atom. The fourth-order valence-corrected chi connectivity index (χ4v) is 3.20. The first-order valence-electron chi connectivity index (χ1n) is 6.97. The van der Waals surface area contributed by atoms with Crippen LogP contribution >= 0.6 is 11.6 Å². The highest BCUT2D eigenvalue weighted by Crippen LogP contribution is 2.38. The Labute approximate surface area is 151 Å². The number of alkyl halides is 3. The standard InChI is InChI=1S/C16H12ClF3O5S/c1-26(23,24)14-5-3-10(8-11(14)16(18,19)20)25-13-6-9(7-15(21)22)2-4-12(13)17/h2-6,8H,7H2,1H3,(H,21,22). The van der Waals surface area contributed by atoms with Gasteiger partial charge in [0.1, 0.15) is 11.5 Å². The Balaban J connectivity index is 2.47. The molecule has 2 aromatic rings. The predicted octanol–water partition coefficient (Wildman–Crippen LogP) is 4.18. The molecule has 140 valence electrons. The average molecular weight is 409 g/mol. The van der Waals surface area contributed by atoms with Gasteiger partial charge in [0.25, 0.3) is 0 Å². The number of sulfone groups is 1. The van der Waals surface area contributed by atoms with Crippen LogP contribution < -0.4 is 4.74 Å². The first-order chi connectivity index (χ1) is 11.9. The van der Waals surface area contributed by atoms with Crippen LogP contribution in [0.2, 0.25) is 5.02 Å². The van der Waals surface area contributed by atoms with Crippen molar-refractivity contribution in [2.75, 3.05) is 6.26 Å². The molecule has 0 atom stereocenters. The molecule has 2 aromatic carbocycles. The van der Waals surface area contributed by atoms with E-state index in [0.29, 0.717) is 17.9 Å². The fourth-order valence-electron chi connectivity index (χ4n) is 2.15. The zero-order valence-corrected chi connectivity index (χ0v) is 14.7. The van der Waals surface area contributed by atoms with E-state index >= 15 is 0 Å². The third kappa shape index (κ3) is 4.89. The molecule has 0 spiro atoms. The summed E-state index contributed by atoms with van der Waals surface area (Å²) in [5, 5.41) is 8.85. The highest BCUT2D eigenvalue weighted by molar-refractivity contribution is 7.90. The summed E-state index contributed by atoms with van der Waals surface area (Å²) in [4.78, 5) is 9.88. The number of carboxylic acid groups (broad SMARTS) is 1. The second kappa shape index (κ2) is 7.16. The third-order valence-electron chi connectivity index (χ3n) is 3.23. The molecule has 0 saturated heterocycles. The Bertz CT molecular complexity index is 955.